The molecule has 0 spiro atoms. The summed E-state index contributed by atoms with van der Waals surface area (Å²) in [4.78, 5) is 4.25. The monoisotopic (exact) mass is 253 g/mol. The van der Waals surface area contributed by atoms with Gasteiger partial charge in [0.05, 0.1) is 0 Å². The number of hydrogen-bond donors (Lipinski definition) is 0. The van der Waals surface area contributed by atoms with Crippen molar-refractivity contribution in [2.45, 2.75) is 38.5 Å². The van der Waals surface area contributed by atoms with E-state index in [-0.39, 0.29) is 0 Å². The Morgan fingerprint density at radius 3 is 2.37 bits per heavy atom. The highest BCUT2D eigenvalue weighted by molar-refractivity contribution is 5.32. The van der Waals surface area contributed by atoms with Crippen LogP contribution in [0.25, 0.3) is 0 Å². The van der Waals surface area contributed by atoms with Crippen LogP contribution in [0.5, 0.6) is 11.6 Å². The maximum Gasteiger partial charge on any atom is 0.219 e. The van der Waals surface area contributed by atoms with Gasteiger partial charge in [0.1, 0.15) is 5.75 Å². The van der Waals surface area contributed by atoms with Gasteiger partial charge in [0.25, 0.3) is 0 Å². The van der Waals surface area contributed by atoms with Crippen molar-refractivity contribution in [3.63, 3.8) is 0 Å². The largest absolute Gasteiger partial charge is 0.439 e. The highest BCUT2D eigenvalue weighted by Gasteiger charge is 2.16. The van der Waals surface area contributed by atoms with Gasteiger partial charge < -0.3 is 4.74 Å². The summed E-state index contributed by atoms with van der Waals surface area (Å²) in [5, 5.41) is 0. The van der Waals surface area contributed by atoms with E-state index in [0.29, 0.717) is 5.88 Å². The van der Waals surface area contributed by atoms with E-state index in [4.69, 9.17) is 4.74 Å². The quantitative estimate of drug-likeness (QED) is 0.780. The van der Waals surface area contributed by atoms with Crippen LogP contribution in [-0.4, -0.2) is 4.98 Å². The van der Waals surface area contributed by atoms with Gasteiger partial charge in [-0.15, -0.1) is 0 Å². The molecule has 98 valence electrons. The Morgan fingerprint density at radius 1 is 1.00 bits per heavy atom. The Balaban J connectivity index is 1.70. The van der Waals surface area contributed by atoms with E-state index in [9.17, 15) is 0 Å². The van der Waals surface area contributed by atoms with Gasteiger partial charge in [-0.3, -0.25) is 0 Å². The summed E-state index contributed by atoms with van der Waals surface area (Å²) in [7, 11) is 0. The fourth-order valence-corrected chi connectivity index (χ4v) is 2.70. The average Bonchev–Trinajstić information content (AvgIpc) is 2.96. The summed E-state index contributed by atoms with van der Waals surface area (Å²) in [6, 6.07) is 12.4. The maximum atomic E-state index is 5.74. The molecule has 0 saturated heterocycles. The lowest BCUT2D eigenvalue weighted by atomic mass is 9.98. The molecule has 0 aliphatic heterocycles. The number of nitrogens with zero attached hydrogens (tertiary/aromatic N) is 1. The molecule has 1 aromatic carbocycles. The Labute approximate surface area is 114 Å². The second-order valence-electron chi connectivity index (χ2n) is 5.33. The molecule has 2 aromatic rings. The van der Waals surface area contributed by atoms with Crippen molar-refractivity contribution in [1.82, 2.24) is 4.98 Å². The van der Waals surface area contributed by atoms with Crippen LogP contribution in [0.1, 0.15) is 42.7 Å². The Bertz CT molecular complexity index is 524. The first-order valence-electron chi connectivity index (χ1n) is 7.02. The van der Waals surface area contributed by atoms with Crippen molar-refractivity contribution in [1.29, 1.82) is 0 Å². The number of hydrogen-bond acceptors (Lipinski definition) is 2. The van der Waals surface area contributed by atoms with Crippen LogP contribution in [0.3, 0.4) is 0 Å². The van der Waals surface area contributed by atoms with E-state index in [1.54, 1.807) is 0 Å². The molecule has 0 atom stereocenters. The van der Waals surface area contributed by atoms with Crippen molar-refractivity contribution >= 4 is 0 Å². The van der Waals surface area contributed by atoms with E-state index < -0.39 is 0 Å². The predicted octanol–water partition coefficient (Wildman–Crippen LogP) is 4.84. The molecular weight excluding hydrogens is 234 g/mol. The first-order valence-corrected chi connectivity index (χ1v) is 7.02. The number of ether oxygens (including phenoxy) is 1. The third kappa shape index (κ3) is 2.95. The number of pyridine rings is 1. The zero-order valence-corrected chi connectivity index (χ0v) is 11.3. The summed E-state index contributed by atoms with van der Waals surface area (Å²) in [6.45, 7) is 2.02. The first-order chi connectivity index (χ1) is 9.31. The summed E-state index contributed by atoms with van der Waals surface area (Å²) in [6.07, 6.45) is 7.23. The van der Waals surface area contributed by atoms with E-state index in [1.807, 2.05) is 25.3 Å². The highest BCUT2D eigenvalue weighted by atomic mass is 16.5. The molecule has 1 saturated carbocycles. The van der Waals surface area contributed by atoms with Gasteiger partial charge in [-0.1, -0.05) is 31.0 Å². The van der Waals surface area contributed by atoms with Gasteiger partial charge in [-0.05, 0) is 48.9 Å². The van der Waals surface area contributed by atoms with E-state index in [2.05, 4.69) is 29.2 Å². The van der Waals surface area contributed by atoms with E-state index in [1.165, 1.54) is 31.2 Å². The zero-order chi connectivity index (χ0) is 13.1. The van der Waals surface area contributed by atoms with E-state index in [0.717, 1.165) is 17.2 Å². The average molecular weight is 253 g/mol. The molecule has 0 amide bonds. The maximum absolute atomic E-state index is 5.74. The van der Waals surface area contributed by atoms with Crippen LogP contribution in [0.15, 0.2) is 42.6 Å². The number of rotatable bonds is 3. The lowest BCUT2D eigenvalue weighted by molar-refractivity contribution is 0.462. The lowest BCUT2D eigenvalue weighted by Crippen LogP contribution is -1.92. The highest BCUT2D eigenvalue weighted by Crippen LogP contribution is 2.34. The van der Waals surface area contributed by atoms with Crippen LogP contribution in [0.2, 0.25) is 0 Å². The van der Waals surface area contributed by atoms with Crippen LogP contribution in [-0.2, 0) is 0 Å². The molecule has 1 aromatic heterocycles. The second-order valence-corrected chi connectivity index (χ2v) is 5.33. The number of benzene rings is 1. The van der Waals surface area contributed by atoms with Crippen molar-refractivity contribution in [3.05, 3.63) is 53.7 Å². The Kier molecular flexibility index (Phi) is 3.49. The molecule has 2 nitrogen and oxygen atoms in total. The van der Waals surface area contributed by atoms with Crippen LogP contribution < -0.4 is 4.74 Å². The fraction of sp³-hybridized carbons (Fsp3) is 0.353. The minimum Gasteiger partial charge on any atom is -0.439 e. The third-order valence-electron chi connectivity index (χ3n) is 3.81. The van der Waals surface area contributed by atoms with Crippen molar-refractivity contribution in [2.24, 2.45) is 0 Å². The Hall–Kier alpha value is -1.83. The van der Waals surface area contributed by atoms with Crippen LogP contribution in [0, 0.1) is 6.92 Å². The molecule has 3 rings (SSSR count). The van der Waals surface area contributed by atoms with Gasteiger partial charge >= 0.3 is 0 Å². The fourth-order valence-electron chi connectivity index (χ4n) is 2.70. The molecule has 0 bridgehead atoms. The zero-order valence-electron chi connectivity index (χ0n) is 11.3. The first kappa shape index (κ1) is 12.2. The summed E-state index contributed by atoms with van der Waals surface area (Å²) in [5.74, 6) is 2.27. The normalized spacial score (nSPS) is 15.6. The summed E-state index contributed by atoms with van der Waals surface area (Å²) < 4.78 is 5.74. The van der Waals surface area contributed by atoms with Gasteiger partial charge in [0.15, 0.2) is 0 Å². The molecular formula is C17H19NO. The van der Waals surface area contributed by atoms with Gasteiger partial charge in [0, 0.05) is 12.3 Å². The molecule has 2 heteroatoms. The molecule has 0 N–H and O–H groups in total. The molecule has 0 unspecified atom stereocenters. The summed E-state index contributed by atoms with van der Waals surface area (Å²) in [5.41, 5.74) is 2.59. The SMILES string of the molecule is Cc1ccc(Oc2ccc(C3CCCC3)cc2)nc1. The minimum atomic E-state index is 0.652. The topological polar surface area (TPSA) is 22.1 Å². The molecule has 1 heterocycles. The van der Waals surface area contributed by atoms with Gasteiger partial charge in [-0.25, -0.2) is 4.98 Å². The Morgan fingerprint density at radius 2 is 1.74 bits per heavy atom. The molecule has 1 aliphatic rings. The summed E-state index contributed by atoms with van der Waals surface area (Å²) >= 11 is 0. The third-order valence-corrected chi connectivity index (χ3v) is 3.81. The lowest BCUT2D eigenvalue weighted by Gasteiger charge is -2.10. The van der Waals surface area contributed by atoms with Crippen molar-refractivity contribution < 1.29 is 4.74 Å². The smallest absolute Gasteiger partial charge is 0.219 e. The minimum absolute atomic E-state index is 0.652. The molecule has 1 fully saturated rings. The van der Waals surface area contributed by atoms with Crippen molar-refractivity contribution in [3.8, 4) is 11.6 Å². The predicted molar refractivity (Wildman–Crippen MR) is 76.7 cm³/mol. The molecule has 1 aliphatic carbocycles. The van der Waals surface area contributed by atoms with Gasteiger partial charge in [0.2, 0.25) is 5.88 Å². The van der Waals surface area contributed by atoms with Crippen LogP contribution in [0.4, 0.5) is 0 Å². The van der Waals surface area contributed by atoms with E-state index >= 15 is 0 Å². The molecule has 0 radical (unpaired) electrons. The standard InChI is InChI=1S/C17H19NO/c1-13-6-11-17(18-12-13)19-16-9-7-15(8-10-16)14-4-2-3-5-14/h6-12,14H,2-5H2,1H3. The number of aryl methyl sites for hydroxylation is 1. The number of aromatic nitrogens is 1. The molecule has 19 heavy (non-hydrogen) atoms. The van der Waals surface area contributed by atoms with Crippen molar-refractivity contribution in [2.75, 3.05) is 0 Å². The second kappa shape index (κ2) is 5.43. The van der Waals surface area contributed by atoms with Crippen LogP contribution >= 0.6 is 0 Å². The van der Waals surface area contributed by atoms with Gasteiger partial charge in [-0.2, -0.15) is 0 Å².